The molecular weight excluding hydrogens is 419 g/mol. The summed E-state index contributed by atoms with van der Waals surface area (Å²) in [5, 5.41) is 0. The topological polar surface area (TPSA) is 63.4 Å². The Bertz CT molecular complexity index is 1230. The monoisotopic (exact) mass is 446 g/mol. The van der Waals surface area contributed by atoms with Crippen molar-refractivity contribution in [1.82, 2.24) is 9.88 Å². The first kappa shape index (κ1) is 21.6. The zero-order chi connectivity index (χ0) is 23.1. The van der Waals surface area contributed by atoms with E-state index in [1.54, 1.807) is 12.1 Å². The van der Waals surface area contributed by atoms with Crippen molar-refractivity contribution in [2.24, 2.45) is 0 Å². The molecule has 3 heterocycles. The fourth-order valence-electron chi connectivity index (χ4n) is 5.11. The van der Waals surface area contributed by atoms with Gasteiger partial charge in [-0.2, -0.15) is 0 Å². The third kappa shape index (κ3) is 4.10. The van der Waals surface area contributed by atoms with Crippen LogP contribution in [0.2, 0.25) is 0 Å². The van der Waals surface area contributed by atoms with Crippen LogP contribution in [0.1, 0.15) is 75.2 Å². The molecule has 2 aliphatic rings. The number of halogens is 1. The molecule has 1 fully saturated rings. The number of Topliss-reactive ketones (excluding diaryl/α,β-unsaturated/α-hetero) is 1. The highest BCUT2D eigenvalue weighted by Crippen LogP contribution is 2.33. The van der Waals surface area contributed by atoms with Gasteiger partial charge in [0.15, 0.2) is 11.5 Å². The Kier molecular flexibility index (Phi) is 5.60. The number of carbonyl (C=O) groups is 2. The molecular formula is C27H27FN2O3. The fourth-order valence-corrected chi connectivity index (χ4v) is 5.11. The Morgan fingerprint density at radius 2 is 1.88 bits per heavy atom. The van der Waals surface area contributed by atoms with E-state index in [1.165, 1.54) is 12.1 Å². The molecule has 2 aromatic heterocycles. The van der Waals surface area contributed by atoms with Gasteiger partial charge in [-0.05, 0) is 68.5 Å². The SMILES string of the molecule is Cc1cc(-c2ccc(F)cc2)cc([C@H]2CCCN(C(=O)c3oc4c(c3C)C(=O)CCC4)C2)n1. The third-order valence-electron chi connectivity index (χ3n) is 6.78. The summed E-state index contributed by atoms with van der Waals surface area (Å²) < 4.78 is 19.3. The molecule has 0 bridgehead atoms. The molecule has 3 aromatic rings. The molecule has 1 atom stereocenters. The minimum Gasteiger partial charge on any atom is -0.455 e. The quantitative estimate of drug-likeness (QED) is 0.523. The van der Waals surface area contributed by atoms with E-state index in [-0.39, 0.29) is 23.4 Å². The normalized spacial score (nSPS) is 18.3. The second-order valence-electron chi connectivity index (χ2n) is 9.15. The molecule has 1 aliphatic carbocycles. The first-order valence-corrected chi connectivity index (χ1v) is 11.6. The molecule has 1 aromatic carbocycles. The van der Waals surface area contributed by atoms with Crippen LogP contribution in [-0.2, 0) is 6.42 Å². The molecule has 5 nitrogen and oxygen atoms in total. The minimum atomic E-state index is -0.261. The van der Waals surface area contributed by atoms with E-state index in [4.69, 9.17) is 9.40 Å². The second-order valence-corrected chi connectivity index (χ2v) is 9.15. The van der Waals surface area contributed by atoms with E-state index >= 15 is 0 Å². The number of likely N-dealkylation sites (tertiary alicyclic amines) is 1. The summed E-state index contributed by atoms with van der Waals surface area (Å²) in [4.78, 5) is 32.3. The third-order valence-corrected chi connectivity index (χ3v) is 6.78. The number of aryl methyl sites for hydroxylation is 2. The molecule has 6 heteroatoms. The number of ketones is 1. The first-order valence-electron chi connectivity index (χ1n) is 11.6. The van der Waals surface area contributed by atoms with Crippen molar-refractivity contribution >= 4 is 11.7 Å². The average Bonchev–Trinajstić information content (AvgIpc) is 3.16. The Balaban J connectivity index is 1.40. The van der Waals surface area contributed by atoms with Crippen LogP contribution in [0.5, 0.6) is 0 Å². The lowest BCUT2D eigenvalue weighted by Crippen LogP contribution is -2.39. The number of hydrogen-bond acceptors (Lipinski definition) is 4. The number of amides is 1. The van der Waals surface area contributed by atoms with Crippen molar-refractivity contribution in [1.29, 1.82) is 0 Å². The minimum absolute atomic E-state index is 0.0744. The summed E-state index contributed by atoms with van der Waals surface area (Å²) in [7, 11) is 0. The molecule has 170 valence electrons. The predicted octanol–water partition coefficient (Wildman–Crippen LogP) is 5.64. The van der Waals surface area contributed by atoms with Crippen LogP contribution in [0, 0.1) is 19.7 Å². The standard InChI is InChI=1S/C27H27FN2O3/c1-16-13-20(18-8-10-21(28)11-9-18)14-22(29-16)19-5-4-12-30(15-19)27(32)26-17(2)25-23(31)6-3-7-24(25)33-26/h8-11,13-14,19H,3-7,12,15H2,1-2H3/t19-/m0/s1. The van der Waals surface area contributed by atoms with Crippen LogP contribution in [0.3, 0.4) is 0 Å². The van der Waals surface area contributed by atoms with Crippen LogP contribution in [0.15, 0.2) is 40.8 Å². The van der Waals surface area contributed by atoms with Crippen LogP contribution < -0.4 is 0 Å². The average molecular weight is 447 g/mol. The van der Waals surface area contributed by atoms with Crippen molar-refractivity contribution in [3.05, 3.63) is 76.3 Å². The largest absolute Gasteiger partial charge is 0.455 e. The van der Waals surface area contributed by atoms with Gasteiger partial charge in [-0.1, -0.05) is 12.1 Å². The van der Waals surface area contributed by atoms with Crippen molar-refractivity contribution in [2.75, 3.05) is 13.1 Å². The number of rotatable bonds is 3. The summed E-state index contributed by atoms with van der Waals surface area (Å²) in [6.45, 7) is 4.98. The smallest absolute Gasteiger partial charge is 0.289 e. The van der Waals surface area contributed by atoms with E-state index in [0.717, 1.165) is 41.8 Å². The van der Waals surface area contributed by atoms with E-state index in [2.05, 4.69) is 0 Å². The summed E-state index contributed by atoms with van der Waals surface area (Å²) >= 11 is 0. The molecule has 1 aliphatic heterocycles. The molecule has 0 saturated carbocycles. The van der Waals surface area contributed by atoms with Crippen molar-refractivity contribution in [2.45, 2.75) is 51.9 Å². The highest BCUT2D eigenvalue weighted by atomic mass is 19.1. The molecule has 0 unspecified atom stereocenters. The lowest BCUT2D eigenvalue weighted by Gasteiger charge is -2.32. The number of hydrogen-bond donors (Lipinski definition) is 0. The fraction of sp³-hybridized carbons (Fsp3) is 0.370. The summed E-state index contributed by atoms with van der Waals surface area (Å²) in [5.41, 5.74) is 5.06. The molecule has 33 heavy (non-hydrogen) atoms. The van der Waals surface area contributed by atoms with Gasteiger partial charge in [0, 0.05) is 48.8 Å². The van der Waals surface area contributed by atoms with Gasteiger partial charge in [0.2, 0.25) is 0 Å². The van der Waals surface area contributed by atoms with Gasteiger partial charge in [0.05, 0.1) is 5.56 Å². The molecule has 1 saturated heterocycles. The number of nitrogens with zero attached hydrogens (tertiary/aromatic N) is 2. The number of aromatic nitrogens is 1. The van der Waals surface area contributed by atoms with E-state index in [9.17, 15) is 14.0 Å². The van der Waals surface area contributed by atoms with E-state index < -0.39 is 0 Å². The van der Waals surface area contributed by atoms with Gasteiger partial charge in [-0.3, -0.25) is 14.6 Å². The Labute approximate surface area is 192 Å². The maximum Gasteiger partial charge on any atom is 0.289 e. The van der Waals surface area contributed by atoms with Crippen LogP contribution in [-0.4, -0.2) is 34.7 Å². The zero-order valence-corrected chi connectivity index (χ0v) is 19.0. The maximum absolute atomic E-state index is 13.4. The van der Waals surface area contributed by atoms with E-state index in [1.807, 2.05) is 30.9 Å². The number of furan rings is 1. The number of carbonyl (C=O) groups excluding carboxylic acids is 2. The Morgan fingerprint density at radius 3 is 2.64 bits per heavy atom. The second kappa shape index (κ2) is 8.58. The summed E-state index contributed by atoms with van der Waals surface area (Å²) in [5.74, 6) is 0.734. The number of pyridine rings is 1. The predicted molar refractivity (Wildman–Crippen MR) is 123 cm³/mol. The van der Waals surface area contributed by atoms with E-state index in [0.29, 0.717) is 48.6 Å². The number of fused-ring (bicyclic) bond motifs is 1. The van der Waals surface area contributed by atoms with Crippen LogP contribution in [0.25, 0.3) is 11.1 Å². The molecule has 5 rings (SSSR count). The highest BCUT2D eigenvalue weighted by molar-refractivity contribution is 6.03. The summed E-state index contributed by atoms with van der Waals surface area (Å²) in [6, 6.07) is 10.5. The van der Waals surface area contributed by atoms with Gasteiger partial charge in [-0.25, -0.2) is 4.39 Å². The van der Waals surface area contributed by atoms with Crippen molar-refractivity contribution < 1.29 is 18.4 Å². The van der Waals surface area contributed by atoms with Crippen molar-refractivity contribution in [3.63, 3.8) is 0 Å². The van der Waals surface area contributed by atoms with Gasteiger partial charge in [0.25, 0.3) is 5.91 Å². The van der Waals surface area contributed by atoms with Gasteiger partial charge in [0.1, 0.15) is 11.6 Å². The molecule has 0 N–H and O–H groups in total. The van der Waals surface area contributed by atoms with Crippen LogP contribution in [0.4, 0.5) is 4.39 Å². The lowest BCUT2D eigenvalue weighted by atomic mass is 9.91. The highest BCUT2D eigenvalue weighted by Gasteiger charge is 2.33. The summed E-state index contributed by atoms with van der Waals surface area (Å²) in [6.07, 6.45) is 3.80. The van der Waals surface area contributed by atoms with Gasteiger partial charge < -0.3 is 9.32 Å². The Morgan fingerprint density at radius 1 is 1.09 bits per heavy atom. The number of piperidine rings is 1. The zero-order valence-electron chi connectivity index (χ0n) is 19.0. The Hall–Kier alpha value is -3.28. The van der Waals surface area contributed by atoms with Crippen LogP contribution >= 0.6 is 0 Å². The van der Waals surface area contributed by atoms with Gasteiger partial charge >= 0.3 is 0 Å². The first-order chi connectivity index (χ1) is 15.9. The van der Waals surface area contributed by atoms with Gasteiger partial charge in [-0.15, -0.1) is 0 Å². The molecule has 0 spiro atoms. The van der Waals surface area contributed by atoms with Crippen molar-refractivity contribution in [3.8, 4) is 11.1 Å². The molecule has 1 amide bonds. The number of benzene rings is 1. The lowest BCUT2D eigenvalue weighted by molar-refractivity contribution is 0.0670. The maximum atomic E-state index is 13.4. The molecule has 0 radical (unpaired) electrons.